The maximum atomic E-state index is 10.3. The number of aliphatic hydroxyl groups is 1. The summed E-state index contributed by atoms with van der Waals surface area (Å²) >= 11 is 0. The summed E-state index contributed by atoms with van der Waals surface area (Å²) < 4.78 is 2.16. The van der Waals surface area contributed by atoms with Crippen LogP contribution in [0.5, 0.6) is 0 Å². The van der Waals surface area contributed by atoms with E-state index in [-0.39, 0.29) is 17.6 Å². The van der Waals surface area contributed by atoms with Gasteiger partial charge < -0.3 is 19.5 Å². The number of imidazole rings is 1. The average Bonchev–Trinajstić information content (AvgIpc) is 3.18. The zero-order valence-electron chi connectivity index (χ0n) is 17.0. The van der Waals surface area contributed by atoms with Gasteiger partial charge in [-0.1, -0.05) is 13.8 Å². The predicted octanol–water partition coefficient (Wildman–Crippen LogP) is 2.33. The minimum atomic E-state index is -0.261. The van der Waals surface area contributed by atoms with E-state index in [9.17, 15) is 5.11 Å². The van der Waals surface area contributed by atoms with Crippen LogP contribution in [0.25, 0.3) is 11.2 Å². The Hall–Kier alpha value is -1.73. The molecule has 0 amide bonds. The number of nitrogens with zero attached hydrogens (tertiary/aromatic N) is 6. The summed E-state index contributed by atoms with van der Waals surface area (Å²) in [6.45, 7) is 7.61. The van der Waals surface area contributed by atoms with Gasteiger partial charge in [0, 0.05) is 25.7 Å². The topological polar surface area (TPSA) is 70.3 Å². The lowest BCUT2D eigenvalue weighted by Gasteiger charge is -2.38. The molecule has 1 N–H and O–H groups in total. The monoisotopic (exact) mass is 372 g/mol. The average molecular weight is 373 g/mol. The normalized spacial score (nSPS) is 28.4. The molecule has 1 aliphatic carbocycles. The lowest BCUT2D eigenvalue weighted by Crippen LogP contribution is -2.33. The Morgan fingerprint density at radius 1 is 1.22 bits per heavy atom. The fourth-order valence-corrected chi connectivity index (χ4v) is 5.08. The number of hydrogen-bond donors (Lipinski definition) is 1. The molecule has 0 radical (unpaired) electrons. The SMILES string of the molecule is CN(C)CC1CCN(c2ncnc3c2ncn3[C@@H]2C[C@H](O)CC(C)(C)C2)C1. The molecule has 2 aromatic rings. The van der Waals surface area contributed by atoms with Gasteiger partial charge >= 0.3 is 0 Å². The molecular formula is C20H32N6O. The zero-order chi connectivity index (χ0) is 19.2. The molecule has 148 valence electrons. The van der Waals surface area contributed by atoms with Crippen molar-refractivity contribution in [3.05, 3.63) is 12.7 Å². The van der Waals surface area contributed by atoms with Gasteiger partial charge in [-0.2, -0.15) is 0 Å². The second-order valence-electron chi connectivity index (χ2n) is 9.50. The van der Waals surface area contributed by atoms with Gasteiger partial charge in [-0.15, -0.1) is 0 Å². The minimum absolute atomic E-state index is 0.128. The number of anilines is 1. The number of rotatable bonds is 4. The molecule has 1 unspecified atom stereocenters. The van der Waals surface area contributed by atoms with Crippen molar-refractivity contribution in [3.63, 3.8) is 0 Å². The van der Waals surface area contributed by atoms with E-state index in [0.717, 1.165) is 55.9 Å². The third-order valence-electron chi connectivity index (χ3n) is 6.06. The van der Waals surface area contributed by atoms with Crippen LogP contribution in [0.15, 0.2) is 12.7 Å². The van der Waals surface area contributed by atoms with Crippen molar-refractivity contribution in [1.82, 2.24) is 24.4 Å². The molecule has 4 rings (SSSR count). The van der Waals surface area contributed by atoms with E-state index in [1.165, 1.54) is 6.42 Å². The smallest absolute Gasteiger partial charge is 0.165 e. The van der Waals surface area contributed by atoms with Gasteiger partial charge in [-0.3, -0.25) is 0 Å². The number of hydrogen-bond acceptors (Lipinski definition) is 6. The second kappa shape index (κ2) is 7.02. The summed E-state index contributed by atoms with van der Waals surface area (Å²) in [4.78, 5) is 18.5. The molecule has 3 atom stereocenters. The van der Waals surface area contributed by atoms with Crippen LogP contribution < -0.4 is 4.90 Å². The van der Waals surface area contributed by atoms with Crippen LogP contribution in [-0.2, 0) is 0 Å². The van der Waals surface area contributed by atoms with Crippen molar-refractivity contribution in [1.29, 1.82) is 0 Å². The Morgan fingerprint density at radius 2 is 2.04 bits per heavy atom. The summed E-state index contributed by atoms with van der Waals surface area (Å²) in [7, 11) is 4.26. The van der Waals surface area contributed by atoms with Gasteiger partial charge in [0.25, 0.3) is 0 Å². The second-order valence-corrected chi connectivity index (χ2v) is 9.50. The summed E-state index contributed by atoms with van der Waals surface area (Å²) in [5.74, 6) is 1.62. The van der Waals surface area contributed by atoms with Crippen LogP contribution in [0.1, 0.15) is 45.6 Å². The Labute approximate surface area is 161 Å². The van der Waals surface area contributed by atoms with E-state index in [0.29, 0.717) is 5.92 Å². The van der Waals surface area contributed by atoms with Gasteiger partial charge in [0.2, 0.25) is 0 Å². The standard InChI is InChI=1S/C20H32N6O/c1-20(2)8-15(7-16(27)9-20)26-13-23-17-18(21-12-22-19(17)26)25-6-5-14(11-25)10-24(3)4/h12-16,27H,5-11H2,1-4H3/t14?,15-,16+/m1/s1. The van der Waals surface area contributed by atoms with Crippen molar-refractivity contribution < 1.29 is 5.11 Å². The molecular weight excluding hydrogens is 340 g/mol. The lowest BCUT2D eigenvalue weighted by molar-refractivity contribution is 0.0387. The molecule has 1 aliphatic heterocycles. The first-order valence-electron chi connectivity index (χ1n) is 10.1. The molecule has 27 heavy (non-hydrogen) atoms. The first-order valence-corrected chi connectivity index (χ1v) is 10.1. The molecule has 1 saturated carbocycles. The quantitative estimate of drug-likeness (QED) is 0.888. The molecule has 1 saturated heterocycles. The maximum Gasteiger partial charge on any atom is 0.165 e. The van der Waals surface area contributed by atoms with Gasteiger partial charge in [0.1, 0.15) is 6.33 Å². The van der Waals surface area contributed by atoms with Crippen molar-refractivity contribution in [3.8, 4) is 0 Å². The predicted molar refractivity (Wildman–Crippen MR) is 107 cm³/mol. The van der Waals surface area contributed by atoms with Gasteiger partial charge in [-0.25, -0.2) is 15.0 Å². The highest BCUT2D eigenvalue weighted by atomic mass is 16.3. The fourth-order valence-electron chi connectivity index (χ4n) is 5.08. The van der Waals surface area contributed by atoms with E-state index in [2.05, 4.69) is 52.3 Å². The van der Waals surface area contributed by atoms with Gasteiger partial charge in [-0.05, 0) is 51.1 Å². The summed E-state index contributed by atoms with van der Waals surface area (Å²) in [5.41, 5.74) is 1.91. The molecule has 2 aromatic heterocycles. The number of fused-ring (bicyclic) bond motifs is 1. The summed E-state index contributed by atoms with van der Waals surface area (Å²) in [6.07, 6.45) is 7.15. The maximum absolute atomic E-state index is 10.3. The molecule has 7 heteroatoms. The molecule has 7 nitrogen and oxygen atoms in total. The summed E-state index contributed by atoms with van der Waals surface area (Å²) in [5, 5.41) is 10.3. The molecule has 2 aliphatic rings. The summed E-state index contributed by atoms with van der Waals surface area (Å²) in [6, 6.07) is 0.233. The van der Waals surface area contributed by atoms with Crippen LogP contribution >= 0.6 is 0 Å². The Balaban J connectivity index is 1.61. The van der Waals surface area contributed by atoms with E-state index in [1.807, 2.05) is 6.33 Å². The van der Waals surface area contributed by atoms with Crippen molar-refractivity contribution in [2.24, 2.45) is 11.3 Å². The van der Waals surface area contributed by atoms with E-state index >= 15 is 0 Å². The molecule has 0 aromatic carbocycles. The lowest BCUT2D eigenvalue weighted by atomic mass is 9.73. The third kappa shape index (κ3) is 3.80. The van der Waals surface area contributed by atoms with Crippen molar-refractivity contribution in [2.75, 3.05) is 38.6 Å². The Kier molecular flexibility index (Phi) is 4.84. The molecule has 3 heterocycles. The number of aliphatic hydroxyl groups excluding tert-OH is 1. The van der Waals surface area contributed by atoms with Gasteiger partial charge in [0.15, 0.2) is 17.0 Å². The fraction of sp³-hybridized carbons (Fsp3) is 0.750. The molecule has 0 bridgehead atoms. The largest absolute Gasteiger partial charge is 0.393 e. The highest BCUT2D eigenvalue weighted by molar-refractivity contribution is 5.83. The van der Waals surface area contributed by atoms with Crippen molar-refractivity contribution >= 4 is 17.0 Å². The van der Waals surface area contributed by atoms with Crippen LogP contribution in [0.2, 0.25) is 0 Å². The van der Waals surface area contributed by atoms with Gasteiger partial charge in [0.05, 0.1) is 12.4 Å². The Bertz CT molecular complexity index is 801. The van der Waals surface area contributed by atoms with E-state index < -0.39 is 0 Å². The van der Waals surface area contributed by atoms with Crippen molar-refractivity contribution in [2.45, 2.75) is 51.7 Å². The van der Waals surface area contributed by atoms with Crippen LogP contribution in [-0.4, -0.2) is 69.4 Å². The van der Waals surface area contributed by atoms with Crippen LogP contribution in [0.3, 0.4) is 0 Å². The molecule has 2 fully saturated rings. The van der Waals surface area contributed by atoms with E-state index in [4.69, 9.17) is 4.98 Å². The zero-order valence-corrected chi connectivity index (χ0v) is 17.0. The van der Waals surface area contributed by atoms with Crippen LogP contribution in [0.4, 0.5) is 5.82 Å². The number of aromatic nitrogens is 4. The van der Waals surface area contributed by atoms with E-state index in [1.54, 1.807) is 6.33 Å². The third-order valence-corrected chi connectivity index (χ3v) is 6.06. The highest BCUT2D eigenvalue weighted by Crippen LogP contribution is 2.42. The molecule has 0 spiro atoms. The highest BCUT2D eigenvalue weighted by Gasteiger charge is 2.35. The Morgan fingerprint density at radius 3 is 2.78 bits per heavy atom. The minimum Gasteiger partial charge on any atom is -0.393 e. The first kappa shape index (κ1) is 18.6. The van der Waals surface area contributed by atoms with Crippen LogP contribution in [0, 0.1) is 11.3 Å². The first-order chi connectivity index (χ1) is 12.8.